The summed E-state index contributed by atoms with van der Waals surface area (Å²) in [6.07, 6.45) is 11.1. The van der Waals surface area contributed by atoms with Gasteiger partial charge in [0, 0.05) is 24.0 Å². The van der Waals surface area contributed by atoms with Crippen LogP contribution in [0.2, 0.25) is 0 Å². The molecule has 1 N–H and O–H groups in total. The van der Waals surface area contributed by atoms with Crippen LogP contribution >= 0.6 is 0 Å². The molecule has 0 aliphatic heterocycles. The predicted octanol–water partition coefficient (Wildman–Crippen LogP) is 3.21. The highest BCUT2D eigenvalue weighted by atomic mass is 15.2. The first-order valence-electron chi connectivity index (χ1n) is 7.26. The van der Waals surface area contributed by atoms with Crippen LogP contribution in [0.25, 0.3) is 5.52 Å². The topological polar surface area (TPSA) is 42.2 Å². The molecule has 0 saturated carbocycles. The average Bonchev–Trinajstić information content (AvgIpc) is 2.87. The van der Waals surface area contributed by atoms with Crippen molar-refractivity contribution in [2.45, 2.75) is 46.1 Å². The highest BCUT2D eigenvalue weighted by Crippen LogP contribution is 2.26. The summed E-state index contributed by atoms with van der Waals surface area (Å²) >= 11 is 0. The number of nitrogens with one attached hydrogen (secondary N) is 1. The van der Waals surface area contributed by atoms with Crippen LogP contribution in [0.1, 0.15) is 51.6 Å². The quantitative estimate of drug-likeness (QED) is 0.831. The first-order chi connectivity index (χ1) is 9.26. The Balaban J connectivity index is 2.25. The summed E-state index contributed by atoms with van der Waals surface area (Å²) in [7, 11) is 0. The van der Waals surface area contributed by atoms with Crippen LogP contribution in [0.5, 0.6) is 0 Å². The van der Waals surface area contributed by atoms with Gasteiger partial charge in [0.25, 0.3) is 0 Å². The molecule has 2 rings (SSSR count). The Labute approximate surface area is 115 Å². The van der Waals surface area contributed by atoms with Gasteiger partial charge in [-0.05, 0) is 25.3 Å². The number of nitrogens with zero attached hydrogens (tertiary/aromatic N) is 3. The molecule has 19 heavy (non-hydrogen) atoms. The van der Waals surface area contributed by atoms with Crippen molar-refractivity contribution in [3.63, 3.8) is 0 Å². The molecule has 0 aromatic carbocycles. The Morgan fingerprint density at radius 2 is 2.16 bits per heavy atom. The molecule has 0 saturated heterocycles. The van der Waals surface area contributed by atoms with Crippen LogP contribution in [0.4, 0.5) is 0 Å². The molecular formula is C15H24N4. The van der Waals surface area contributed by atoms with E-state index >= 15 is 0 Å². The van der Waals surface area contributed by atoms with Gasteiger partial charge in [-0.1, -0.05) is 27.2 Å². The van der Waals surface area contributed by atoms with Crippen LogP contribution in [-0.4, -0.2) is 21.1 Å². The van der Waals surface area contributed by atoms with Crippen molar-refractivity contribution in [1.82, 2.24) is 19.9 Å². The fourth-order valence-electron chi connectivity index (χ4n) is 2.33. The Hall–Kier alpha value is -1.42. The molecule has 4 heteroatoms. The molecule has 0 aliphatic carbocycles. The van der Waals surface area contributed by atoms with Crippen LogP contribution in [0.3, 0.4) is 0 Å². The maximum atomic E-state index is 4.42. The second-order valence-electron chi connectivity index (χ2n) is 5.26. The summed E-state index contributed by atoms with van der Waals surface area (Å²) in [6.45, 7) is 7.80. The van der Waals surface area contributed by atoms with Gasteiger partial charge in [-0.15, -0.1) is 0 Å². The number of rotatable bonds is 7. The van der Waals surface area contributed by atoms with Crippen molar-refractivity contribution in [3.8, 4) is 0 Å². The van der Waals surface area contributed by atoms with Crippen molar-refractivity contribution in [1.29, 1.82) is 0 Å². The SMILES string of the molecule is CCCNC(CC(C)CC)c1cnn2ccncc12. The smallest absolute Gasteiger partial charge is 0.0892 e. The van der Waals surface area contributed by atoms with E-state index < -0.39 is 0 Å². The Morgan fingerprint density at radius 3 is 2.89 bits per heavy atom. The van der Waals surface area contributed by atoms with Crippen LogP contribution in [-0.2, 0) is 0 Å². The Morgan fingerprint density at radius 1 is 1.32 bits per heavy atom. The van der Waals surface area contributed by atoms with Gasteiger partial charge in [-0.3, -0.25) is 4.98 Å². The standard InChI is InChI=1S/C15H24N4/c1-4-6-17-14(9-12(3)5-2)13-10-18-19-8-7-16-11-15(13)19/h7-8,10-12,14,17H,4-6,9H2,1-3H3. The number of fused-ring (bicyclic) bond motifs is 1. The molecule has 0 fully saturated rings. The molecule has 0 bridgehead atoms. The molecule has 0 radical (unpaired) electrons. The van der Waals surface area contributed by atoms with Crippen molar-refractivity contribution in [2.75, 3.05) is 6.54 Å². The molecule has 2 aromatic rings. The van der Waals surface area contributed by atoms with E-state index in [-0.39, 0.29) is 0 Å². The van der Waals surface area contributed by atoms with Crippen LogP contribution in [0.15, 0.2) is 24.8 Å². The zero-order valence-corrected chi connectivity index (χ0v) is 12.1. The van der Waals surface area contributed by atoms with Gasteiger partial charge < -0.3 is 5.32 Å². The normalized spacial score (nSPS) is 14.7. The van der Waals surface area contributed by atoms with E-state index in [1.54, 1.807) is 6.20 Å². The lowest BCUT2D eigenvalue weighted by atomic mass is 9.95. The highest BCUT2D eigenvalue weighted by Gasteiger charge is 2.18. The van der Waals surface area contributed by atoms with Crippen molar-refractivity contribution in [2.24, 2.45) is 5.92 Å². The average molecular weight is 260 g/mol. The van der Waals surface area contributed by atoms with E-state index in [0.29, 0.717) is 12.0 Å². The second kappa shape index (κ2) is 6.66. The fraction of sp³-hybridized carbons (Fsp3) is 0.600. The molecule has 0 amide bonds. The molecule has 2 aromatic heterocycles. The number of hydrogen-bond acceptors (Lipinski definition) is 3. The molecular weight excluding hydrogens is 236 g/mol. The van der Waals surface area contributed by atoms with E-state index in [4.69, 9.17) is 0 Å². The molecule has 0 aliphatic rings. The first-order valence-corrected chi connectivity index (χ1v) is 7.26. The van der Waals surface area contributed by atoms with Crippen molar-refractivity contribution in [3.05, 3.63) is 30.4 Å². The predicted molar refractivity (Wildman–Crippen MR) is 78.1 cm³/mol. The lowest BCUT2D eigenvalue weighted by molar-refractivity contribution is 0.404. The molecule has 2 heterocycles. The zero-order chi connectivity index (χ0) is 13.7. The largest absolute Gasteiger partial charge is 0.310 e. The second-order valence-corrected chi connectivity index (χ2v) is 5.26. The van der Waals surface area contributed by atoms with Crippen LogP contribution < -0.4 is 5.32 Å². The Bertz CT molecular complexity index is 506. The third kappa shape index (κ3) is 3.32. The summed E-state index contributed by atoms with van der Waals surface area (Å²) in [5, 5.41) is 8.07. The molecule has 4 nitrogen and oxygen atoms in total. The summed E-state index contributed by atoms with van der Waals surface area (Å²) in [5.74, 6) is 0.709. The summed E-state index contributed by atoms with van der Waals surface area (Å²) in [6, 6.07) is 0.372. The minimum atomic E-state index is 0.372. The van der Waals surface area contributed by atoms with Gasteiger partial charge >= 0.3 is 0 Å². The molecule has 0 spiro atoms. The Kier molecular flexibility index (Phi) is 4.91. The van der Waals surface area contributed by atoms with E-state index in [1.165, 1.54) is 12.0 Å². The van der Waals surface area contributed by atoms with Crippen LogP contribution in [0, 0.1) is 5.92 Å². The molecule has 104 valence electrons. The van der Waals surface area contributed by atoms with Gasteiger partial charge in [0.2, 0.25) is 0 Å². The third-order valence-electron chi connectivity index (χ3n) is 3.71. The van der Waals surface area contributed by atoms with Gasteiger partial charge in [0.1, 0.15) is 0 Å². The monoisotopic (exact) mass is 260 g/mol. The summed E-state index contributed by atoms with van der Waals surface area (Å²) in [4.78, 5) is 4.22. The summed E-state index contributed by atoms with van der Waals surface area (Å²) < 4.78 is 1.90. The van der Waals surface area contributed by atoms with Gasteiger partial charge in [0.15, 0.2) is 0 Å². The minimum Gasteiger partial charge on any atom is -0.310 e. The lowest BCUT2D eigenvalue weighted by Crippen LogP contribution is -2.23. The van der Waals surface area contributed by atoms with Crippen molar-refractivity contribution < 1.29 is 0 Å². The summed E-state index contributed by atoms with van der Waals surface area (Å²) in [5.41, 5.74) is 2.38. The van der Waals surface area contributed by atoms with E-state index in [1.807, 2.05) is 23.1 Å². The maximum absolute atomic E-state index is 4.42. The van der Waals surface area contributed by atoms with E-state index in [9.17, 15) is 0 Å². The van der Waals surface area contributed by atoms with Gasteiger partial charge in [-0.2, -0.15) is 5.10 Å². The maximum Gasteiger partial charge on any atom is 0.0892 e. The lowest BCUT2D eigenvalue weighted by Gasteiger charge is -2.21. The molecule has 2 unspecified atom stereocenters. The third-order valence-corrected chi connectivity index (χ3v) is 3.71. The zero-order valence-electron chi connectivity index (χ0n) is 12.1. The number of aromatic nitrogens is 3. The van der Waals surface area contributed by atoms with E-state index in [0.717, 1.165) is 24.9 Å². The van der Waals surface area contributed by atoms with Crippen molar-refractivity contribution >= 4 is 5.52 Å². The molecule has 2 atom stereocenters. The fourth-order valence-corrected chi connectivity index (χ4v) is 2.33. The first kappa shape index (κ1) is 14.0. The highest BCUT2D eigenvalue weighted by molar-refractivity contribution is 5.53. The minimum absolute atomic E-state index is 0.372. The van der Waals surface area contributed by atoms with E-state index in [2.05, 4.69) is 36.2 Å². The van der Waals surface area contributed by atoms with Gasteiger partial charge in [-0.25, -0.2) is 4.52 Å². The van der Waals surface area contributed by atoms with Gasteiger partial charge in [0.05, 0.1) is 17.9 Å². The number of hydrogen-bond donors (Lipinski definition) is 1.